The Balaban J connectivity index is 1.47. The highest BCUT2D eigenvalue weighted by Crippen LogP contribution is 2.23. The molecule has 6 heteroatoms. The number of benzene rings is 2. The maximum Gasteiger partial charge on any atom is 0.312 e. The summed E-state index contributed by atoms with van der Waals surface area (Å²) in [6.07, 6.45) is 2.13. The number of rotatable bonds is 5. The summed E-state index contributed by atoms with van der Waals surface area (Å²) >= 11 is 0. The molecule has 0 spiro atoms. The molecule has 1 aromatic heterocycles. The third-order valence-corrected chi connectivity index (χ3v) is 5.15. The van der Waals surface area contributed by atoms with Crippen LogP contribution in [0.3, 0.4) is 0 Å². The number of carbonyl (C=O) groups excluding carboxylic acids is 2. The fraction of sp³-hybridized carbons (Fsp3) is 0.273. The van der Waals surface area contributed by atoms with Gasteiger partial charge in [0, 0.05) is 10.9 Å². The number of hydrogen-bond donors (Lipinski definition) is 1. The number of H-pyrrole nitrogens is 1. The average Bonchev–Trinajstić information content (AvgIpc) is 3.17. The Hall–Kier alpha value is -3.28. The van der Waals surface area contributed by atoms with Gasteiger partial charge in [-0.15, -0.1) is 0 Å². The SMILES string of the molecule is C[C@@H](OC(=O)Cc1n[nH]c(=O)c2ccccc12)C(=O)c1ccc2c(c1)CCC2. The van der Waals surface area contributed by atoms with Crippen LogP contribution in [0.1, 0.15) is 40.5 Å². The fourth-order valence-corrected chi connectivity index (χ4v) is 3.70. The molecule has 0 bridgehead atoms. The van der Waals surface area contributed by atoms with Gasteiger partial charge in [0.15, 0.2) is 6.10 Å². The lowest BCUT2D eigenvalue weighted by Gasteiger charge is -2.13. The highest BCUT2D eigenvalue weighted by Gasteiger charge is 2.22. The number of fused-ring (bicyclic) bond motifs is 2. The number of aromatic amines is 1. The molecule has 1 aliphatic rings. The van der Waals surface area contributed by atoms with Crippen molar-refractivity contribution in [3.8, 4) is 0 Å². The van der Waals surface area contributed by atoms with Crippen LogP contribution in [0, 0.1) is 0 Å². The molecule has 0 amide bonds. The molecule has 2 aromatic carbocycles. The molecule has 1 N–H and O–H groups in total. The van der Waals surface area contributed by atoms with E-state index in [-0.39, 0.29) is 17.8 Å². The fourth-order valence-electron chi connectivity index (χ4n) is 3.70. The second-order valence-electron chi connectivity index (χ2n) is 7.06. The Bertz CT molecular complexity index is 1130. The van der Waals surface area contributed by atoms with Crippen LogP contribution in [0.5, 0.6) is 0 Å². The summed E-state index contributed by atoms with van der Waals surface area (Å²) in [7, 11) is 0. The molecular formula is C22H20N2O4. The molecule has 1 aliphatic carbocycles. The molecule has 0 fully saturated rings. The Morgan fingerprint density at radius 1 is 1.11 bits per heavy atom. The van der Waals surface area contributed by atoms with E-state index in [1.165, 1.54) is 11.1 Å². The Kier molecular flexibility index (Phi) is 4.77. The van der Waals surface area contributed by atoms with Gasteiger partial charge in [-0.25, -0.2) is 5.10 Å². The number of aryl methyl sites for hydroxylation is 2. The summed E-state index contributed by atoms with van der Waals surface area (Å²) in [5.41, 5.74) is 3.16. The van der Waals surface area contributed by atoms with E-state index in [0.717, 1.165) is 19.3 Å². The summed E-state index contributed by atoms with van der Waals surface area (Å²) in [5.74, 6) is -0.783. The van der Waals surface area contributed by atoms with Gasteiger partial charge in [0.05, 0.1) is 17.5 Å². The number of nitrogens with zero attached hydrogens (tertiary/aromatic N) is 1. The van der Waals surface area contributed by atoms with Gasteiger partial charge in [0.2, 0.25) is 5.78 Å². The lowest BCUT2D eigenvalue weighted by molar-refractivity contribution is -0.145. The van der Waals surface area contributed by atoms with Gasteiger partial charge < -0.3 is 4.74 Å². The number of nitrogens with one attached hydrogen (secondary N) is 1. The van der Waals surface area contributed by atoms with Gasteiger partial charge in [-0.1, -0.05) is 30.3 Å². The van der Waals surface area contributed by atoms with Crippen LogP contribution >= 0.6 is 0 Å². The van der Waals surface area contributed by atoms with E-state index in [1.807, 2.05) is 12.1 Å². The molecule has 0 saturated heterocycles. The minimum Gasteiger partial charge on any atom is -0.454 e. The summed E-state index contributed by atoms with van der Waals surface area (Å²) in [6, 6.07) is 12.6. The van der Waals surface area contributed by atoms with Crippen molar-refractivity contribution in [1.82, 2.24) is 10.2 Å². The van der Waals surface area contributed by atoms with Gasteiger partial charge in [-0.2, -0.15) is 5.10 Å². The van der Waals surface area contributed by atoms with Crippen LogP contribution in [0.15, 0.2) is 47.3 Å². The number of Topliss-reactive ketones (excluding diaryl/α,β-unsaturated/α-hetero) is 1. The number of ether oxygens (including phenoxy) is 1. The zero-order chi connectivity index (χ0) is 19.7. The molecule has 0 saturated carbocycles. The number of hydrogen-bond acceptors (Lipinski definition) is 5. The van der Waals surface area contributed by atoms with Crippen molar-refractivity contribution in [3.63, 3.8) is 0 Å². The predicted octanol–water partition coefficient (Wildman–Crippen LogP) is 2.77. The summed E-state index contributed by atoms with van der Waals surface area (Å²) in [6.45, 7) is 1.58. The molecule has 4 rings (SSSR count). The van der Waals surface area contributed by atoms with Crippen molar-refractivity contribution in [2.24, 2.45) is 0 Å². The highest BCUT2D eigenvalue weighted by atomic mass is 16.5. The maximum atomic E-state index is 12.6. The lowest BCUT2D eigenvalue weighted by Crippen LogP contribution is -2.26. The van der Waals surface area contributed by atoms with Crippen molar-refractivity contribution in [2.45, 2.75) is 38.7 Å². The monoisotopic (exact) mass is 376 g/mol. The van der Waals surface area contributed by atoms with E-state index in [2.05, 4.69) is 10.2 Å². The van der Waals surface area contributed by atoms with E-state index in [1.54, 1.807) is 37.3 Å². The maximum absolute atomic E-state index is 12.6. The first-order valence-corrected chi connectivity index (χ1v) is 9.35. The molecule has 1 heterocycles. The van der Waals surface area contributed by atoms with Gasteiger partial charge in [0.25, 0.3) is 5.56 Å². The van der Waals surface area contributed by atoms with Crippen molar-refractivity contribution in [1.29, 1.82) is 0 Å². The third kappa shape index (κ3) is 3.45. The first-order valence-electron chi connectivity index (χ1n) is 9.35. The van der Waals surface area contributed by atoms with Crippen LogP contribution < -0.4 is 5.56 Å². The van der Waals surface area contributed by atoms with Crippen LogP contribution in [0.2, 0.25) is 0 Å². The second-order valence-corrected chi connectivity index (χ2v) is 7.06. The van der Waals surface area contributed by atoms with Crippen molar-refractivity contribution in [3.05, 3.63) is 75.2 Å². The van der Waals surface area contributed by atoms with Crippen molar-refractivity contribution in [2.75, 3.05) is 0 Å². The van der Waals surface area contributed by atoms with Crippen molar-refractivity contribution < 1.29 is 14.3 Å². The summed E-state index contributed by atoms with van der Waals surface area (Å²) in [4.78, 5) is 36.9. The predicted molar refractivity (Wildman–Crippen MR) is 104 cm³/mol. The zero-order valence-corrected chi connectivity index (χ0v) is 15.5. The van der Waals surface area contributed by atoms with E-state index in [9.17, 15) is 14.4 Å². The minimum atomic E-state index is -0.888. The van der Waals surface area contributed by atoms with Crippen LogP contribution in [-0.2, 0) is 28.8 Å². The smallest absolute Gasteiger partial charge is 0.312 e. The normalized spacial score (nSPS) is 13.9. The third-order valence-electron chi connectivity index (χ3n) is 5.15. The molecule has 0 unspecified atom stereocenters. The summed E-state index contributed by atoms with van der Waals surface area (Å²) in [5, 5.41) is 7.43. The van der Waals surface area contributed by atoms with E-state index < -0.39 is 12.1 Å². The van der Waals surface area contributed by atoms with Gasteiger partial charge in [-0.3, -0.25) is 14.4 Å². The Morgan fingerprint density at radius 2 is 1.86 bits per heavy atom. The van der Waals surface area contributed by atoms with E-state index >= 15 is 0 Å². The van der Waals surface area contributed by atoms with Crippen LogP contribution in [-0.4, -0.2) is 28.1 Å². The number of ketones is 1. The number of esters is 1. The molecular weight excluding hydrogens is 356 g/mol. The topological polar surface area (TPSA) is 89.1 Å². The quantitative estimate of drug-likeness (QED) is 0.546. The molecule has 1 atom stereocenters. The summed E-state index contributed by atoms with van der Waals surface area (Å²) < 4.78 is 5.35. The standard InChI is InChI=1S/C22H20N2O4/c1-13(21(26)16-10-9-14-5-4-6-15(14)11-16)28-20(25)12-19-17-7-2-3-8-18(17)22(27)24-23-19/h2-3,7-11,13H,4-6,12H2,1H3,(H,24,27)/t13-/m1/s1. The van der Waals surface area contributed by atoms with Crippen molar-refractivity contribution >= 4 is 22.5 Å². The minimum absolute atomic E-state index is 0.126. The molecule has 0 radical (unpaired) electrons. The largest absolute Gasteiger partial charge is 0.454 e. The van der Waals surface area contributed by atoms with Gasteiger partial charge in [-0.05, 0) is 49.4 Å². The zero-order valence-electron chi connectivity index (χ0n) is 15.5. The van der Waals surface area contributed by atoms with Gasteiger partial charge >= 0.3 is 5.97 Å². The second kappa shape index (κ2) is 7.38. The first kappa shape index (κ1) is 18.1. The highest BCUT2D eigenvalue weighted by molar-refractivity contribution is 6.00. The Labute approximate surface area is 161 Å². The van der Waals surface area contributed by atoms with Gasteiger partial charge in [0.1, 0.15) is 0 Å². The molecule has 28 heavy (non-hydrogen) atoms. The lowest BCUT2D eigenvalue weighted by atomic mass is 10.0. The number of aromatic nitrogens is 2. The number of carbonyl (C=O) groups is 2. The van der Waals surface area contributed by atoms with Crippen LogP contribution in [0.4, 0.5) is 0 Å². The van der Waals surface area contributed by atoms with E-state index in [0.29, 0.717) is 22.0 Å². The molecule has 6 nitrogen and oxygen atoms in total. The molecule has 3 aromatic rings. The average molecular weight is 376 g/mol. The molecule has 142 valence electrons. The molecule has 0 aliphatic heterocycles. The Morgan fingerprint density at radius 3 is 2.68 bits per heavy atom. The first-order chi connectivity index (χ1) is 13.5. The van der Waals surface area contributed by atoms with E-state index in [4.69, 9.17) is 4.74 Å². The van der Waals surface area contributed by atoms with Crippen LogP contribution in [0.25, 0.3) is 10.8 Å².